The van der Waals surface area contributed by atoms with Crippen LogP contribution in [0.3, 0.4) is 0 Å². The van der Waals surface area contributed by atoms with Gasteiger partial charge in [0.05, 0.1) is 26.0 Å². The normalized spacial score (nSPS) is 10.9. The van der Waals surface area contributed by atoms with Crippen LogP contribution < -0.4 is 5.32 Å². The molecule has 0 atom stereocenters. The molecular weight excluding hydrogens is 296 g/mol. The van der Waals surface area contributed by atoms with Crippen molar-refractivity contribution in [3.05, 3.63) is 40.6 Å². The van der Waals surface area contributed by atoms with Gasteiger partial charge in [-0.2, -0.15) is 0 Å². The molecule has 1 aromatic rings. The monoisotopic (exact) mass is 305 g/mol. The minimum absolute atomic E-state index is 0.0892. The molecule has 1 aromatic carbocycles. The fourth-order valence-electron chi connectivity index (χ4n) is 1.22. The Bertz CT molecular complexity index is 575. The van der Waals surface area contributed by atoms with E-state index in [1.807, 2.05) is 0 Å². The molecule has 0 saturated heterocycles. The summed E-state index contributed by atoms with van der Waals surface area (Å²) in [4.78, 5) is 22.6. The van der Waals surface area contributed by atoms with Crippen molar-refractivity contribution < 1.29 is 27.8 Å². The molecule has 8 heteroatoms. The van der Waals surface area contributed by atoms with E-state index in [0.29, 0.717) is 0 Å². The molecule has 1 N–H and O–H groups in total. The summed E-state index contributed by atoms with van der Waals surface area (Å²) in [6.45, 7) is 0. The zero-order chi connectivity index (χ0) is 15.3. The van der Waals surface area contributed by atoms with Crippen molar-refractivity contribution in [3.63, 3.8) is 0 Å². The molecule has 0 aliphatic rings. The number of benzene rings is 1. The van der Waals surface area contributed by atoms with Crippen molar-refractivity contribution >= 4 is 29.2 Å². The Hall–Kier alpha value is -2.15. The molecule has 20 heavy (non-hydrogen) atoms. The van der Waals surface area contributed by atoms with Crippen LogP contribution in [0.15, 0.2) is 23.9 Å². The summed E-state index contributed by atoms with van der Waals surface area (Å²) >= 11 is 5.58. The van der Waals surface area contributed by atoms with E-state index in [1.54, 1.807) is 0 Å². The lowest BCUT2D eigenvalue weighted by atomic mass is 10.2. The molecule has 0 aliphatic carbocycles. The Morgan fingerprint density at radius 1 is 1.25 bits per heavy atom. The molecule has 0 bridgehead atoms. The molecule has 0 radical (unpaired) electrons. The van der Waals surface area contributed by atoms with Gasteiger partial charge in [-0.3, -0.25) is 0 Å². The SMILES string of the molecule is COC(=O)/C=C(/Nc1cc(Cl)cc(F)c1F)C(=O)OC. The first-order valence-electron chi connectivity index (χ1n) is 5.18. The number of anilines is 1. The van der Waals surface area contributed by atoms with Gasteiger partial charge in [-0.25, -0.2) is 18.4 Å². The Morgan fingerprint density at radius 2 is 1.90 bits per heavy atom. The van der Waals surface area contributed by atoms with Crippen molar-refractivity contribution in [1.29, 1.82) is 0 Å². The van der Waals surface area contributed by atoms with Crippen LogP contribution >= 0.6 is 11.6 Å². The number of methoxy groups -OCH3 is 2. The molecule has 0 spiro atoms. The molecule has 0 unspecified atom stereocenters. The molecule has 0 fully saturated rings. The van der Waals surface area contributed by atoms with E-state index >= 15 is 0 Å². The highest BCUT2D eigenvalue weighted by atomic mass is 35.5. The van der Waals surface area contributed by atoms with Gasteiger partial charge in [0, 0.05) is 5.02 Å². The van der Waals surface area contributed by atoms with Crippen LogP contribution in [-0.4, -0.2) is 26.2 Å². The number of rotatable bonds is 4. The minimum Gasteiger partial charge on any atom is -0.466 e. The number of halogens is 3. The van der Waals surface area contributed by atoms with Gasteiger partial charge in [-0.05, 0) is 12.1 Å². The van der Waals surface area contributed by atoms with Crippen LogP contribution in [0.1, 0.15) is 0 Å². The van der Waals surface area contributed by atoms with Crippen molar-refractivity contribution in [1.82, 2.24) is 0 Å². The summed E-state index contributed by atoms with van der Waals surface area (Å²) in [6, 6.07) is 1.82. The Labute approximate surface area is 118 Å². The van der Waals surface area contributed by atoms with Crippen LogP contribution in [0.4, 0.5) is 14.5 Å². The quantitative estimate of drug-likeness (QED) is 0.525. The first-order valence-corrected chi connectivity index (χ1v) is 5.56. The number of ether oxygens (including phenoxy) is 2. The number of carbonyl (C=O) groups excluding carboxylic acids is 2. The lowest BCUT2D eigenvalue weighted by Crippen LogP contribution is -2.16. The first kappa shape index (κ1) is 15.9. The van der Waals surface area contributed by atoms with E-state index < -0.39 is 35.0 Å². The van der Waals surface area contributed by atoms with E-state index in [4.69, 9.17) is 11.6 Å². The minimum atomic E-state index is -1.26. The van der Waals surface area contributed by atoms with Gasteiger partial charge in [-0.15, -0.1) is 0 Å². The molecule has 0 heterocycles. The van der Waals surface area contributed by atoms with Crippen LogP contribution in [0, 0.1) is 11.6 Å². The molecule has 108 valence electrons. The van der Waals surface area contributed by atoms with Gasteiger partial charge < -0.3 is 14.8 Å². The summed E-state index contributed by atoms with van der Waals surface area (Å²) in [5.41, 5.74) is -0.851. The highest BCUT2D eigenvalue weighted by molar-refractivity contribution is 6.30. The summed E-state index contributed by atoms with van der Waals surface area (Å²) in [5, 5.41) is 2.14. The lowest BCUT2D eigenvalue weighted by molar-refractivity contribution is -0.138. The predicted molar refractivity (Wildman–Crippen MR) is 67.1 cm³/mol. The van der Waals surface area contributed by atoms with Crippen molar-refractivity contribution in [3.8, 4) is 0 Å². The van der Waals surface area contributed by atoms with E-state index in [2.05, 4.69) is 14.8 Å². The topological polar surface area (TPSA) is 64.6 Å². The zero-order valence-corrected chi connectivity index (χ0v) is 11.3. The zero-order valence-electron chi connectivity index (χ0n) is 10.5. The highest BCUT2D eigenvalue weighted by Gasteiger charge is 2.17. The third-order valence-electron chi connectivity index (χ3n) is 2.13. The molecular formula is C12H10ClF2NO4. The molecule has 5 nitrogen and oxygen atoms in total. The van der Waals surface area contributed by atoms with Crippen molar-refractivity contribution in [2.24, 2.45) is 0 Å². The fourth-order valence-corrected chi connectivity index (χ4v) is 1.43. The summed E-state index contributed by atoms with van der Waals surface area (Å²) < 4.78 is 35.4. The van der Waals surface area contributed by atoms with Crippen LogP contribution in [-0.2, 0) is 19.1 Å². The number of esters is 2. The van der Waals surface area contributed by atoms with E-state index in [0.717, 1.165) is 32.4 Å². The maximum Gasteiger partial charge on any atom is 0.354 e. The van der Waals surface area contributed by atoms with Gasteiger partial charge in [-0.1, -0.05) is 11.6 Å². The smallest absolute Gasteiger partial charge is 0.354 e. The predicted octanol–water partition coefficient (Wildman–Crippen LogP) is 2.26. The molecule has 0 saturated carbocycles. The lowest BCUT2D eigenvalue weighted by Gasteiger charge is -2.10. The van der Waals surface area contributed by atoms with E-state index in [1.165, 1.54) is 0 Å². The molecule has 0 aromatic heterocycles. The maximum atomic E-state index is 13.5. The van der Waals surface area contributed by atoms with E-state index in [9.17, 15) is 18.4 Å². The number of carbonyl (C=O) groups is 2. The van der Waals surface area contributed by atoms with Crippen molar-refractivity contribution in [2.45, 2.75) is 0 Å². The third-order valence-corrected chi connectivity index (χ3v) is 2.35. The Balaban J connectivity index is 3.17. The van der Waals surface area contributed by atoms with Crippen LogP contribution in [0.25, 0.3) is 0 Å². The van der Waals surface area contributed by atoms with E-state index in [-0.39, 0.29) is 5.02 Å². The number of hydrogen-bond acceptors (Lipinski definition) is 5. The second-order valence-electron chi connectivity index (χ2n) is 3.45. The number of hydrogen-bond donors (Lipinski definition) is 1. The first-order chi connectivity index (χ1) is 9.38. The van der Waals surface area contributed by atoms with Gasteiger partial charge in [0.2, 0.25) is 0 Å². The molecule has 0 amide bonds. The fraction of sp³-hybridized carbons (Fsp3) is 0.167. The average Bonchev–Trinajstić information content (AvgIpc) is 2.42. The Morgan fingerprint density at radius 3 is 2.45 bits per heavy atom. The Kier molecular flexibility index (Phi) is 5.45. The van der Waals surface area contributed by atoms with Gasteiger partial charge >= 0.3 is 11.9 Å². The largest absolute Gasteiger partial charge is 0.466 e. The van der Waals surface area contributed by atoms with Crippen LogP contribution in [0.5, 0.6) is 0 Å². The molecule has 0 aliphatic heterocycles. The molecule has 1 rings (SSSR count). The van der Waals surface area contributed by atoms with Gasteiger partial charge in [0.1, 0.15) is 5.70 Å². The second kappa shape index (κ2) is 6.85. The van der Waals surface area contributed by atoms with Crippen molar-refractivity contribution in [2.75, 3.05) is 19.5 Å². The van der Waals surface area contributed by atoms with Gasteiger partial charge in [0.15, 0.2) is 11.6 Å². The second-order valence-corrected chi connectivity index (χ2v) is 3.88. The summed E-state index contributed by atoms with van der Waals surface area (Å²) in [6.07, 6.45) is 0.740. The summed E-state index contributed by atoms with van der Waals surface area (Å²) in [5.74, 6) is -4.30. The highest BCUT2D eigenvalue weighted by Crippen LogP contribution is 2.24. The maximum absolute atomic E-state index is 13.5. The average molecular weight is 306 g/mol. The summed E-state index contributed by atoms with van der Waals surface area (Å²) in [7, 11) is 2.15. The standard InChI is InChI=1S/C12H10ClF2NO4/c1-19-10(17)5-9(12(18)20-2)16-8-4-6(13)3-7(14)11(8)15/h3-5,16H,1-2H3/b9-5+. The third kappa shape index (κ3) is 3.92. The van der Waals surface area contributed by atoms with Crippen LogP contribution in [0.2, 0.25) is 5.02 Å². The van der Waals surface area contributed by atoms with Gasteiger partial charge in [0.25, 0.3) is 0 Å². The number of nitrogens with one attached hydrogen (secondary N) is 1.